The van der Waals surface area contributed by atoms with E-state index < -0.39 is 0 Å². The minimum Gasteiger partial charge on any atom is -0.491 e. The van der Waals surface area contributed by atoms with E-state index in [-0.39, 0.29) is 73.2 Å². The molecule has 0 spiro atoms. The molecule has 12 atom stereocenters. The van der Waals surface area contributed by atoms with Gasteiger partial charge in [-0.15, -0.1) is 0 Å². The molecule has 16 heteroatoms. The monoisotopic (exact) mass is 1270 g/mol. The van der Waals surface area contributed by atoms with E-state index in [1.165, 1.54) is 0 Å². The average Bonchev–Trinajstić information content (AvgIpc) is 1.11. The first-order valence-electron chi connectivity index (χ1n) is 32.7. The zero-order chi connectivity index (χ0) is 66.0. The molecule has 0 saturated carbocycles. The third-order valence-corrected chi connectivity index (χ3v) is 15.1. The molecule has 0 aliphatic rings. The highest BCUT2D eigenvalue weighted by Crippen LogP contribution is 2.28. The van der Waals surface area contributed by atoms with E-state index in [9.17, 15) is 0 Å². The molecule has 0 fully saturated rings. The third-order valence-electron chi connectivity index (χ3n) is 15.1. The summed E-state index contributed by atoms with van der Waals surface area (Å²) in [5.41, 5.74) is 8.81. The maximum atomic E-state index is 6.19. The second kappa shape index (κ2) is 41.7. The van der Waals surface area contributed by atoms with Crippen LogP contribution in [0.1, 0.15) is 94.2 Å². The molecule has 0 amide bonds. The number of rotatable bonds is 47. The Hall–Kier alpha value is -5.96. The van der Waals surface area contributed by atoms with Crippen molar-refractivity contribution in [2.45, 2.75) is 170 Å². The molecule has 506 valence electrons. The number of hydrogen-bond donors (Lipinski definition) is 0. The van der Waals surface area contributed by atoms with Gasteiger partial charge in [-0.05, 0) is 176 Å². The summed E-state index contributed by atoms with van der Waals surface area (Å²) < 4.78 is 94.2. The van der Waals surface area contributed by atoms with Gasteiger partial charge in [-0.1, -0.05) is 97.1 Å². The maximum Gasteiger partial charge on any atom is 0.119 e. The van der Waals surface area contributed by atoms with E-state index in [0.29, 0.717) is 92.5 Å². The summed E-state index contributed by atoms with van der Waals surface area (Å²) in [6, 6.07) is 49.6. The highest BCUT2D eigenvalue weighted by Gasteiger charge is 2.17. The van der Waals surface area contributed by atoms with Gasteiger partial charge >= 0.3 is 0 Å². The molecule has 6 aromatic carbocycles. The Morgan fingerprint density at radius 2 is 0.359 bits per heavy atom. The number of benzene rings is 6. The number of ether oxygens (including phenoxy) is 16. The lowest BCUT2D eigenvalue weighted by molar-refractivity contribution is -0.101. The van der Waals surface area contributed by atoms with Crippen molar-refractivity contribution >= 4 is 0 Å². The fourth-order valence-corrected chi connectivity index (χ4v) is 8.94. The van der Waals surface area contributed by atoms with Crippen molar-refractivity contribution in [3.63, 3.8) is 0 Å². The molecule has 0 bridgehead atoms. The van der Waals surface area contributed by atoms with Crippen LogP contribution in [0.25, 0.3) is 33.4 Å². The van der Waals surface area contributed by atoms with Crippen molar-refractivity contribution in [3.05, 3.63) is 157 Å². The number of methoxy groups -OCH3 is 2. The lowest BCUT2D eigenvalue weighted by atomic mass is 10.0. The standard InChI is InChI=1S/C76H106O16/c1-53(77-13)39-79-55(3)41-81-57(5)43-83-59(7)45-85-61(9)47-87-63(11)49-89-73-31-23-69(24-32-73)71-27-35-75(36-28-71)91-51-65-15-19-67(20-16-65)68-21-17-66(18-22-68)52-92-76-37-29-72(30-38-76)70-25-33-74(34-26-70)90-50-64(12)88-48-62(10)86-46-60(8)84-44-58(6)82-42-56(4)80-40-54(2)78-14/h15-38,53-64H,39-52H2,1-14H3. The van der Waals surface area contributed by atoms with Crippen molar-refractivity contribution in [1.29, 1.82) is 0 Å². The highest BCUT2D eigenvalue weighted by atomic mass is 16.6. The smallest absolute Gasteiger partial charge is 0.119 e. The molecule has 16 nitrogen and oxygen atoms in total. The van der Waals surface area contributed by atoms with Crippen molar-refractivity contribution < 1.29 is 75.8 Å². The van der Waals surface area contributed by atoms with Crippen LogP contribution in [0.4, 0.5) is 0 Å². The van der Waals surface area contributed by atoms with Gasteiger partial charge in [-0.2, -0.15) is 0 Å². The molecule has 0 aliphatic carbocycles. The fraction of sp³-hybridized carbons (Fsp3) is 0.526. The summed E-state index contributed by atoms with van der Waals surface area (Å²) in [4.78, 5) is 0. The van der Waals surface area contributed by atoms with Gasteiger partial charge in [0.2, 0.25) is 0 Å². The third kappa shape index (κ3) is 29.5. The van der Waals surface area contributed by atoms with Gasteiger partial charge < -0.3 is 75.8 Å². The fourth-order valence-electron chi connectivity index (χ4n) is 8.94. The van der Waals surface area contributed by atoms with Gasteiger partial charge in [0.05, 0.1) is 139 Å². The minimum atomic E-state index is -0.113. The Labute approximate surface area is 549 Å². The van der Waals surface area contributed by atoms with Crippen molar-refractivity contribution in [2.24, 2.45) is 0 Å². The molecule has 0 radical (unpaired) electrons. The molecular weight excluding hydrogens is 1170 g/mol. The summed E-state index contributed by atoms with van der Waals surface area (Å²) in [6.45, 7) is 30.5. The Morgan fingerprint density at radius 1 is 0.196 bits per heavy atom. The quantitative estimate of drug-likeness (QED) is 0.0356. The van der Waals surface area contributed by atoms with Gasteiger partial charge in [0.25, 0.3) is 0 Å². The van der Waals surface area contributed by atoms with Crippen molar-refractivity contribution in [3.8, 4) is 56.4 Å². The van der Waals surface area contributed by atoms with Crippen LogP contribution in [-0.4, -0.2) is 167 Å². The molecule has 0 aromatic heterocycles. The molecule has 92 heavy (non-hydrogen) atoms. The highest BCUT2D eigenvalue weighted by molar-refractivity contribution is 5.66. The van der Waals surface area contributed by atoms with Crippen LogP contribution in [0.15, 0.2) is 146 Å². The second-order valence-electron chi connectivity index (χ2n) is 24.2. The molecule has 0 aliphatic heterocycles. The Balaban J connectivity index is 0.799. The van der Waals surface area contributed by atoms with Crippen molar-refractivity contribution in [2.75, 3.05) is 93.5 Å². The lowest BCUT2D eigenvalue weighted by Crippen LogP contribution is -2.29. The first-order valence-corrected chi connectivity index (χ1v) is 32.7. The van der Waals surface area contributed by atoms with E-state index in [4.69, 9.17) is 75.8 Å². The average molecular weight is 1280 g/mol. The van der Waals surface area contributed by atoms with Crippen LogP contribution in [-0.2, 0) is 70.1 Å². The topological polar surface area (TPSA) is 148 Å². The summed E-state index contributed by atoms with van der Waals surface area (Å²) in [7, 11) is 3.35. The van der Waals surface area contributed by atoms with Crippen LogP contribution in [0.2, 0.25) is 0 Å². The molecule has 0 heterocycles. The molecule has 0 saturated heterocycles. The SMILES string of the molecule is COC(C)COC(C)COC(C)COC(C)COC(C)COC(C)COc1ccc(-c2ccc(OCc3ccc(-c4ccc(COc5ccc(-c6ccc(OCC(C)OCC(C)OCC(C)OCC(C)OCC(C)OCC(C)OC)cc6)cc5)cc4)cc3)cc2)cc1. The largest absolute Gasteiger partial charge is 0.491 e. The molecule has 0 N–H and O–H groups in total. The normalized spacial score (nSPS) is 15.7. The van der Waals surface area contributed by atoms with E-state index in [0.717, 1.165) is 67.5 Å². The van der Waals surface area contributed by atoms with Crippen LogP contribution < -0.4 is 18.9 Å². The summed E-state index contributed by atoms with van der Waals surface area (Å²) in [5, 5.41) is 0. The second-order valence-corrected chi connectivity index (χ2v) is 24.2. The molecule has 6 rings (SSSR count). The Bertz CT molecular complexity index is 2660. The predicted molar refractivity (Wildman–Crippen MR) is 362 cm³/mol. The van der Waals surface area contributed by atoms with Crippen LogP contribution in [0.5, 0.6) is 23.0 Å². The summed E-state index contributed by atoms with van der Waals surface area (Å²) >= 11 is 0. The Kier molecular flexibility index (Phi) is 34.0. The first kappa shape index (κ1) is 75.1. The summed E-state index contributed by atoms with van der Waals surface area (Å²) in [5.74, 6) is 3.18. The molecular formula is C76H106O16. The van der Waals surface area contributed by atoms with Gasteiger partial charge in [-0.25, -0.2) is 0 Å². The van der Waals surface area contributed by atoms with Gasteiger partial charge in [0.15, 0.2) is 0 Å². The van der Waals surface area contributed by atoms with Crippen LogP contribution in [0, 0.1) is 0 Å². The van der Waals surface area contributed by atoms with E-state index in [1.54, 1.807) is 14.2 Å². The van der Waals surface area contributed by atoms with Gasteiger partial charge in [0, 0.05) is 14.2 Å². The lowest BCUT2D eigenvalue weighted by Gasteiger charge is -2.22. The molecule has 12 unspecified atom stereocenters. The Morgan fingerprint density at radius 3 is 0.554 bits per heavy atom. The van der Waals surface area contributed by atoms with E-state index >= 15 is 0 Å². The van der Waals surface area contributed by atoms with Crippen LogP contribution >= 0.6 is 0 Å². The van der Waals surface area contributed by atoms with E-state index in [2.05, 4.69) is 97.1 Å². The van der Waals surface area contributed by atoms with Gasteiger partial charge in [-0.3, -0.25) is 0 Å². The van der Waals surface area contributed by atoms with E-state index in [1.807, 2.05) is 132 Å². The molecule has 6 aromatic rings. The van der Waals surface area contributed by atoms with Gasteiger partial charge in [0.1, 0.15) is 49.4 Å². The zero-order valence-electron chi connectivity index (χ0n) is 57.2. The van der Waals surface area contributed by atoms with Crippen molar-refractivity contribution in [1.82, 2.24) is 0 Å². The maximum absolute atomic E-state index is 6.19. The predicted octanol–water partition coefficient (Wildman–Crippen LogP) is 14.7. The zero-order valence-corrected chi connectivity index (χ0v) is 57.2. The summed E-state index contributed by atoms with van der Waals surface area (Å²) in [6.07, 6.45) is -0.619. The van der Waals surface area contributed by atoms with Crippen LogP contribution in [0.3, 0.4) is 0 Å². The first-order chi connectivity index (χ1) is 44.4. The minimum absolute atomic E-state index is 0.0207. The number of hydrogen-bond acceptors (Lipinski definition) is 16.